The predicted octanol–water partition coefficient (Wildman–Crippen LogP) is 3.66. The highest BCUT2D eigenvalue weighted by Crippen LogP contribution is 2.28. The molecule has 28 heavy (non-hydrogen) atoms. The van der Waals surface area contributed by atoms with Crippen molar-refractivity contribution in [2.75, 3.05) is 19.6 Å². The molecule has 0 bridgehead atoms. The van der Waals surface area contributed by atoms with Crippen LogP contribution in [0.15, 0.2) is 52.1 Å². The van der Waals surface area contributed by atoms with Gasteiger partial charge in [-0.15, -0.1) is 10.2 Å². The lowest BCUT2D eigenvalue weighted by atomic mass is 10.0. The van der Waals surface area contributed by atoms with E-state index in [0.717, 1.165) is 64.8 Å². The van der Waals surface area contributed by atoms with Crippen molar-refractivity contribution in [3.63, 3.8) is 0 Å². The number of rotatable bonds is 6. The van der Waals surface area contributed by atoms with E-state index in [2.05, 4.69) is 72.6 Å². The Balaban J connectivity index is 1.79. The van der Waals surface area contributed by atoms with Crippen LogP contribution in [0, 0.1) is 0 Å². The fraction of sp³-hybridized carbons (Fsp3) is 0.333. The van der Waals surface area contributed by atoms with Crippen molar-refractivity contribution >= 4 is 21.6 Å². The van der Waals surface area contributed by atoms with E-state index in [9.17, 15) is 0 Å². The lowest BCUT2D eigenvalue weighted by Gasteiger charge is -2.18. The molecule has 4 rings (SSSR count). The van der Waals surface area contributed by atoms with Crippen LogP contribution in [0.1, 0.15) is 36.8 Å². The number of aliphatic imine (C=N–C) groups is 1. The molecule has 0 radical (unpaired) electrons. The van der Waals surface area contributed by atoms with Gasteiger partial charge in [-0.2, -0.15) is 0 Å². The van der Waals surface area contributed by atoms with Crippen molar-refractivity contribution < 1.29 is 0 Å². The zero-order valence-corrected chi connectivity index (χ0v) is 17.7. The molecule has 0 unspecified atom stereocenters. The zero-order chi connectivity index (χ0) is 19.5. The summed E-state index contributed by atoms with van der Waals surface area (Å²) in [6.45, 7) is 7.89. The van der Waals surface area contributed by atoms with Gasteiger partial charge < -0.3 is 4.90 Å². The number of nitrogens with zero attached hydrogens (tertiary/aromatic N) is 6. The van der Waals surface area contributed by atoms with Gasteiger partial charge in [0, 0.05) is 29.2 Å². The minimum Gasteiger partial charge on any atom is -0.303 e. The van der Waals surface area contributed by atoms with Crippen LogP contribution in [0.25, 0.3) is 5.69 Å². The topological polar surface area (TPSA) is 59.2 Å². The van der Waals surface area contributed by atoms with Gasteiger partial charge in [0.05, 0.1) is 17.1 Å². The molecule has 1 aliphatic heterocycles. The number of halogens is 1. The van der Waals surface area contributed by atoms with Gasteiger partial charge in [0.15, 0.2) is 5.82 Å². The van der Waals surface area contributed by atoms with Crippen molar-refractivity contribution in [2.24, 2.45) is 4.99 Å². The molecule has 0 fully saturated rings. The average Bonchev–Trinajstić information content (AvgIpc) is 3.05. The molecule has 7 heteroatoms. The Morgan fingerprint density at radius 2 is 1.96 bits per heavy atom. The van der Waals surface area contributed by atoms with Crippen molar-refractivity contribution in [2.45, 2.75) is 26.8 Å². The molecule has 0 aliphatic carbocycles. The number of benzene rings is 1. The summed E-state index contributed by atoms with van der Waals surface area (Å²) in [5.74, 6) is 1.84. The standard InChI is InChI=1S/C21H23BrN6/c1-3-27(4-2)12-10-19-25-26-20-14-24-21(17-7-5-6-11-23-17)16-13-15(22)8-9-18(16)28(19)20/h5-9,11,13H,3-4,10,12,14H2,1-2H3. The van der Waals surface area contributed by atoms with E-state index in [1.807, 2.05) is 18.2 Å². The summed E-state index contributed by atoms with van der Waals surface area (Å²) in [5.41, 5.74) is 3.85. The quantitative estimate of drug-likeness (QED) is 0.588. The number of pyridine rings is 1. The van der Waals surface area contributed by atoms with Gasteiger partial charge in [-0.3, -0.25) is 14.5 Å². The van der Waals surface area contributed by atoms with Crippen molar-refractivity contribution in [3.8, 4) is 5.69 Å². The second-order valence-electron chi connectivity index (χ2n) is 6.69. The van der Waals surface area contributed by atoms with Crippen LogP contribution in [-0.2, 0) is 13.0 Å². The van der Waals surface area contributed by atoms with Crippen molar-refractivity contribution in [3.05, 3.63) is 70.0 Å². The van der Waals surface area contributed by atoms with Gasteiger partial charge in [-0.25, -0.2) is 0 Å². The third-order valence-electron chi connectivity index (χ3n) is 5.08. The summed E-state index contributed by atoms with van der Waals surface area (Å²) in [6.07, 6.45) is 2.65. The molecule has 3 aromatic rings. The Morgan fingerprint density at radius 3 is 2.71 bits per heavy atom. The third kappa shape index (κ3) is 3.64. The van der Waals surface area contributed by atoms with E-state index in [4.69, 9.17) is 4.99 Å². The molecule has 0 spiro atoms. The fourth-order valence-corrected chi connectivity index (χ4v) is 3.90. The molecule has 6 nitrogen and oxygen atoms in total. The van der Waals surface area contributed by atoms with E-state index in [-0.39, 0.29) is 0 Å². The van der Waals surface area contributed by atoms with Crippen LogP contribution in [-0.4, -0.2) is 50.0 Å². The van der Waals surface area contributed by atoms with Gasteiger partial charge >= 0.3 is 0 Å². The number of likely N-dealkylation sites (N-methyl/N-ethyl adjacent to an activating group) is 1. The molecule has 144 valence electrons. The summed E-state index contributed by atoms with van der Waals surface area (Å²) in [6, 6.07) is 12.2. The maximum Gasteiger partial charge on any atom is 0.159 e. The number of hydrogen-bond acceptors (Lipinski definition) is 5. The number of aromatic nitrogens is 4. The first kappa shape index (κ1) is 19.0. The van der Waals surface area contributed by atoms with Crippen LogP contribution in [0.2, 0.25) is 0 Å². The Labute approximate surface area is 173 Å². The summed E-state index contributed by atoms with van der Waals surface area (Å²) < 4.78 is 3.18. The van der Waals surface area contributed by atoms with Crippen LogP contribution in [0.3, 0.4) is 0 Å². The number of hydrogen-bond donors (Lipinski definition) is 0. The van der Waals surface area contributed by atoms with Crippen molar-refractivity contribution in [1.29, 1.82) is 0 Å². The van der Waals surface area contributed by atoms with Crippen LogP contribution in [0.4, 0.5) is 0 Å². The predicted molar refractivity (Wildman–Crippen MR) is 114 cm³/mol. The van der Waals surface area contributed by atoms with Gasteiger partial charge in [0.2, 0.25) is 0 Å². The molecule has 0 saturated carbocycles. The molecule has 2 aromatic heterocycles. The normalized spacial score (nSPS) is 13.1. The second kappa shape index (κ2) is 8.32. The molecular formula is C21H23BrN6. The van der Waals surface area contributed by atoms with Gasteiger partial charge in [-0.1, -0.05) is 35.8 Å². The molecule has 1 aliphatic rings. The highest BCUT2D eigenvalue weighted by molar-refractivity contribution is 9.10. The minimum atomic E-state index is 0.483. The maximum absolute atomic E-state index is 4.86. The zero-order valence-electron chi connectivity index (χ0n) is 16.1. The highest BCUT2D eigenvalue weighted by Gasteiger charge is 2.23. The first-order valence-corrected chi connectivity index (χ1v) is 10.4. The summed E-state index contributed by atoms with van der Waals surface area (Å²) in [5, 5.41) is 8.94. The Kier molecular flexibility index (Phi) is 5.64. The third-order valence-corrected chi connectivity index (χ3v) is 5.58. The fourth-order valence-electron chi connectivity index (χ4n) is 3.54. The van der Waals surface area contributed by atoms with Crippen molar-refractivity contribution in [1.82, 2.24) is 24.6 Å². The summed E-state index contributed by atoms with van der Waals surface area (Å²) in [4.78, 5) is 11.8. The van der Waals surface area contributed by atoms with Gasteiger partial charge in [0.25, 0.3) is 0 Å². The van der Waals surface area contributed by atoms with Crippen LogP contribution < -0.4 is 0 Å². The largest absolute Gasteiger partial charge is 0.303 e. The first-order valence-electron chi connectivity index (χ1n) is 9.63. The van der Waals surface area contributed by atoms with E-state index in [1.165, 1.54) is 0 Å². The van der Waals surface area contributed by atoms with Crippen LogP contribution >= 0.6 is 15.9 Å². The first-order chi connectivity index (χ1) is 13.7. The summed E-state index contributed by atoms with van der Waals surface area (Å²) >= 11 is 3.61. The highest BCUT2D eigenvalue weighted by atomic mass is 79.9. The van der Waals surface area contributed by atoms with E-state index in [1.54, 1.807) is 6.20 Å². The Morgan fingerprint density at radius 1 is 1.11 bits per heavy atom. The average molecular weight is 439 g/mol. The SMILES string of the molecule is CCN(CC)CCc1nnc2n1-c1ccc(Br)cc1C(c1ccccn1)=NC2. The van der Waals surface area contributed by atoms with E-state index in [0.29, 0.717) is 6.54 Å². The molecule has 0 atom stereocenters. The summed E-state index contributed by atoms with van der Waals surface area (Å²) in [7, 11) is 0. The lowest BCUT2D eigenvalue weighted by molar-refractivity contribution is 0.305. The second-order valence-corrected chi connectivity index (χ2v) is 7.60. The number of fused-ring (bicyclic) bond motifs is 3. The van der Waals surface area contributed by atoms with E-state index >= 15 is 0 Å². The maximum atomic E-state index is 4.86. The Bertz CT molecular complexity index is 991. The van der Waals surface area contributed by atoms with Crippen LogP contribution in [0.5, 0.6) is 0 Å². The lowest BCUT2D eigenvalue weighted by Crippen LogP contribution is -2.26. The minimum absolute atomic E-state index is 0.483. The van der Waals surface area contributed by atoms with E-state index < -0.39 is 0 Å². The molecular weight excluding hydrogens is 416 g/mol. The molecule has 0 N–H and O–H groups in total. The molecule has 0 amide bonds. The molecule has 1 aromatic carbocycles. The van der Waals surface area contributed by atoms with Gasteiger partial charge in [-0.05, 0) is 43.4 Å². The smallest absolute Gasteiger partial charge is 0.159 e. The molecule has 0 saturated heterocycles. The van der Waals surface area contributed by atoms with Gasteiger partial charge in [0.1, 0.15) is 12.4 Å². The Hall–Kier alpha value is -2.38. The molecule has 3 heterocycles. The monoisotopic (exact) mass is 438 g/mol.